The van der Waals surface area contributed by atoms with E-state index in [9.17, 15) is 4.79 Å². The molecule has 102 valence electrons. The van der Waals surface area contributed by atoms with Crippen molar-refractivity contribution < 1.29 is 14.3 Å². The number of morpholine rings is 1. The molecule has 2 rings (SSSR count). The van der Waals surface area contributed by atoms with Crippen LogP contribution < -0.4 is 4.90 Å². The van der Waals surface area contributed by atoms with Gasteiger partial charge in [0.15, 0.2) is 11.3 Å². The van der Waals surface area contributed by atoms with Gasteiger partial charge < -0.3 is 14.4 Å². The molecule has 2 atom stereocenters. The Labute approximate surface area is 119 Å². The van der Waals surface area contributed by atoms with E-state index in [4.69, 9.17) is 26.3 Å². The van der Waals surface area contributed by atoms with Gasteiger partial charge in [0, 0.05) is 6.54 Å². The molecule has 0 radical (unpaired) electrons. The molecule has 0 N–H and O–H groups in total. The summed E-state index contributed by atoms with van der Waals surface area (Å²) < 4.78 is 14.2. The number of anilines is 1. The van der Waals surface area contributed by atoms with Crippen LogP contribution in [0.2, 0.25) is 5.15 Å². The minimum absolute atomic E-state index is 0.148. The summed E-state index contributed by atoms with van der Waals surface area (Å²) in [6.07, 6.45) is -0.813. The lowest BCUT2D eigenvalue weighted by Gasteiger charge is -2.35. The van der Waals surface area contributed by atoms with Crippen LogP contribution in [0.15, 0.2) is 0 Å². The number of rotatable bonds is 2. The first-order valence-corrected chi connectivity index (χ1v) is 6.75. The molecule has 1 aromatic heterocycles. The molecule has 1 aromatic rings. The maximum absolute atomic E-state index is 11.6. The van der Waals surface area contributed by atoms with E-state index >= 15 is 0 Å². The summed E-state index contributed by atoms with van der Waals surface area (Å²) >= 11 is 7.00. The predicted octanol–water partition coefficient (Wildman–Crippen LogP) is 1.43. The molecular weight excluding hydrogens is 290 g/mol. The Balaban J connectivity index is 2.24. The third-order valence-corrected chi connectivity index (χ3v) is 4.04. The van der Waals surface area contributed by atoms with Crippen molar-refractivity contribution >= 4 is 34.1 Å². The van der Waals surface area contributed by atoms with E-state index in [1.807, 2.05) is 17.9 Å². The monoisotopic (exact) mass is 301 g/mol. The average molecular weight is 302 g/mol. The van der Waals surface area contributed by atoms with Gasteiger partial charge >= 0.3 is 5.97 Å². The summed E-state index contributed by atoms with van der Waals surface area (Å²) in [6.45, 7) is 2.75. The number of ether oxygens (including phenoxy) is 2. The highest BCUT2D eigenvalue weighted by molar-refractivity contribution is 7.10. The largest absolute Gasteiger partial charge is 0.467 e. The average Bonchev–Trinajstić information content (AvgIpc) is 2.78. The number of hydrogen-bond acceptors (Lipinski definition) is 7. The summed E-state index contributed by atoms with van der Waals surface area (Å²) in [7, 11) is 1.32. The van der Waals surface area contributed by atoms with Gasteiger partial charge in [-0.05, 0) is 18.5 Å². The molecule has 0 spiro atoms. The minimum Gasteiger partial charge on any atom is -0.467 e. The lowest BCUT2D eigenvalue weighted by Crippen LogP contribution is -2.50. The Bertz CT molecular complexity index is 528. The van der Waals surface area contributed by atoms with Crippen LogP contribution in [0.5, 0.6) is 0 Å². The summed E-state index contributed by atoms with van der Waals surface area (Å²) in [5.74, 6) is -0.425. The van der Waals surface area contributed by atoms with Crippen LogP contribution in [0.4, 0.5) is 5.00 Å². The maximum Gasteiger partial charge on any atom is 0.336 e. The minimum atomic E-state index is -0.666. The van der Waals surface area contributed by atoms with E-state index in [0.29, 0.717) is 23.7 Å². The van der Waals surface area contributed by atoms with Gasteiger partial charge in [-0.1, -0.05) is 11.6 Å². The second kappa shape index (κ2) is 5.74. The van der Waals surface area contributed by atoms with Gasteiger partial charge in [-0.2, -0.15) is 9.64 Å². The lowest BCUT2D eigenvalue weighted by atomic mass is 10.2. The molecule has 2 heterocycles. The van der Waals surface area contributed by atoms with Crippen LogP contribution in [0, 0.1) is 11.3 Å². The Morgan fingerprint density at radius 3 is 3.05 bits per heavy atom. The fraction of sp³-hybridized carbons (Fsp3) is 0.545. The van der Waals surface area contributed by atoms with Crippen LogP contribution in [-0.2, 0) is 14.3 Å². The first-order valence-electron chi connectivity index (χ1n) is 5.60. The highest BCUT2D eigenvalue weighted by Crippen LogP contribution is 2.33. The Hall–Kier alpha value is -1.36. The van der Waals surface area contributed by atoms with Crippen LogP contribution in [-0.4, -0.2) is 42.8 Å². The van der Waals surface area contributed by atoms with E-state index in [1.54, 1.807) is 0 Å². The second-order valence-corrected chi connectivity index (χ2v) is 5.24. The van der Waals surface area contributed by atoms with Crippen molar-refractivity contribution in [3.63, 3.8) is 0 Å². The van der Waals surface area contributed by atoms with Gasteiger partial charge in [-0.15, -0.1) is 0 Å². The number of methoxy groups -OCH3 is 1. The van der Waals surface area contributed by atoms with Gasteiger partial charge in [0.2, 0.25) is 0 Å². The number of nitriles is 1. The highest BCUT2D eigenvalue weighted by atomic mass is 35.5. The summed E-state index contributed by atoms with van der Waals surface area (Å²) in [5.41, 5.74) is 0.337. The molecule has 0 saturated carbocycles. The number of carbonyl (C=O) groups is 1. The predicted molar refractivity (Wildman–Crippen MR) is 70.4 cm³/mol. The summed E-state index contributed by atoms with van der Waals surface area (Å²) in [6, 6.07) is 2.03. The maximum atomic E-state index is 11.6. The lowest BCUT2D eigenvalue weighted by molar-refractivity contribution is -0.158. The van der Waals surface area contributed by atoms with E-state index in [1.165, 1.54) is 7.11 Å². The molecule has 0 aliphatic carbocycles. The molecular formula is C11H12ClN3O3S. The SMILES string of the molecule is COC(=O)C1CN(c2snc(Cl)c2C#N)C[C@@H](C)O1. The van der Waals surface area contributed by atoms with Gasteiger partial charge in [0.25, 0.3) is 0 Å². The molecule has 1 saturated heterocycles. The number of carbonyl (C=O) groups excluding carboxylic acids is 1. The quantitative estimate of drug-likeness (QED) is 0.769. The highest BCUT2D eigenvalue weighted by Gasteiger charge is 2.33. The molecule has 1 aliphatic heterocycles. The standard InChI is InChI=1S/C11H12ClN3O3S/c1-6-4-15(5-8(18-6)11(16)17-2)10-7(3-13)9(12)14-19-10/h6,8H,4-5H2,1-2H3/t6-,8?/m1/s1. The smallest absolute Gasteiger partial charge is 0.336 e. The molecule has 0 amide bonds. The van der Waals surface area contributed by atoms with Crippen LogP contribution in [0.25, 0.3) is 0 Å². The normalized spacial score (nSPS) is 22.9. The van der Waals surface area contributed by atoms with Gasteiger partial charge in [0.05, 0.1) is 19.8 Å². The molecule has 1 fully saturated rings. The second-order valence-electron chi connectivity index (χ2n) is 4.13. The Kier molecular flexibility index (Phi) is 4.24. The van der Waals surface area contributed by atoms with Crippen LogP contribution in [0.3, 0.4) is 0 Å². The fourth-order valence-electron chi connectivity index (χ4n) is 1.95. The Morgan fingerprint density at radius 2 is 2.42 bits per heavy atom. The molecule has 0 bridgehead atoms. The van der Waals surface area contributed by atoms with Crippen molar-refractivity contribution in [1.82, 2.24) is 4.37 Å². The van der Waals surface area contributed by atoms with E-state index < -0.39 is 12.1 Å². The summed E-state index contributed by atoms with van der Waals surface area (Å²) in [4.78, 5) is 13.5. The molecule has 8 heteroatoms. The molecule has 1 unspecified atom stereocenters. The Morgan fingerprint density at radius 1 is 1.68 bits per heavy atom. The van der Waals surface area contributed by atoms with Crippen molar-refractivity contribution in [2.75, 3.05) is 25.1 Å². The third kappa shape index (κ3) is 2.81. The number of hydrogen-bond donors (Lipinski definition) is 0. The van der Waals surface area contributed by atoms with E-state index in [-0.39, 0.29) is 11.3 Å². The third-order valence-electron chi connectivity index (χ3n) is 2.76. The zero-order chi connectivity index (χ0) is 14.0. The van der Waals surface area contributed by atoms with Crippen molar-refractivity contribution in [1.29, 1.82) is 5.26 Å². The van der Waals surface area contributed by atoms with E-state index in [2.05, 4.69) is 4.37 Å². The van der Waals surface area contributed by atoms with Gasteiger partial charge in [0.1, 0.15) is 16.6 Å². The zero-order valence-electron chi connectivity index (χ0n) is 10.4. The van der Waals surface area contributed by atoms with Gasteiger partial charge in [-0.25, -0.2) is 4.79 Å². The topological polar surface area (TPSA) is 75.5 Å². The molecule has 0 aromatic carbocycles. The molecule has 6 nitrogen and oxygen atoms in total. The van der Waals surface area contributed by atoms with Gasteiger partial charge in [-0.3, -0.25) is 0 Å². The first kappa shape index (κ1) is 14.1. The van der Waals surface area contributed by atoms with Crippen LogP contribution >= 0.6 is 23.1 Å². The zero-order valence-corrected chi connectivity index (χ0v) is 12.0. The van der Waals surface area contributed by atoms with Crippen LogP contribution in [0.1, 0.15) is 12.5 Å². The van der Waals surface area contributed by atoms with Crippen molar-refractivity contribution in [3.05, 3.63) is 10.7 Å². The summed E-state index contributed by atoms with van der Waals surface area (Å²) in [5, 5.41) is 9.94. The van der Waals surface area contributed by atoms with E-state index in [0.717, 1.165) is 11.5 Å². The first-order chi connectivity index (χ1) is 9.06. The van der Waals surface area contributed by atoms with Crippen molar-refractivity contribution in [2.24, 2.45) is 0 Å². The number of halogens is 1. The number of aromatic nitrogens is 1. The molecule has 1 aliphatic rings. The fourth-order valence-corrected chi connectivity index (χ4v) is 3.00. The molecule has 19 heavy (non-hydrogen) atoms. The number of esters is 1. The van der Waals surface area contributed by atoms with Crippen molar-refractivity contribution in [3.8, 4) is 6.07 Å². The van der Waals surface area contributed by atoms with Crippen molar-refractivity contribution in [2.45, 2.75) is 19.1 Å². The number of nitrogens with zero attached hydrogens (tertiary/aromatic N) is 3.